The molecule has 0 aliphatic heterocycles. The maximum absolute atomic E-state index is 5.16. The first kappa shape index (κ1) is 39.4. The summed E-state index contributed by atoms with van der Waals surface area (Å²) in [6.45, 7) is 0. The van der Waals surface area contributed by atoms with Crippen LogP contribution in [0.2, 0.25) is 0 Å². The van der Waals surface area contributed by atoms with E-state index in [0.29, 0.717) is 17.5 Å². The summed E-state index contributed by atoms with van der Waals surface area (Å²) in [5.41, 5.74) is 17.9. The molecule has 13 rings (SSSR count). The lowest BCUT2D eigenvalue weighted by molar-refractivity contribution is 0.768. The topological polar surface area (TPSA) is 43.6 Å². The number of nitrogens with zero attached hydrogens (tertiary/aromatic N) is 4. The Morgan fingerprint density at radius 2 is 0.735 bits per heavy atom. The number of hydrogen-bond donors (Lipinski definition) is 0. The summed E-state index contributed by atoms with van der Waals surface area (Å²) < 4.78 is 2.41. The molecular formula is C64H42N4. The van der Waals surface area contributed by atoms with Gasteiger partial charge in [-0.1, -0.05) is 212 Å². The van der Waals surface area contributed by atoms with E-state index >= 15 is 0 Å². The molecule has 68 heavy (non-hydrogen) atoms. The Morgan fingerprint density at radius 3 is 1.34 bits per heavy atom. The van der Waals surface area contributed by atoms with Gasteiger partial charge in [-0.05, 0) is 98.1 Å². The molecule has 0 atom stereocenters. The Labute approximate surface area is 395 Å². The third-order valence-corrected chi connectivity index (χ3v) is 13.7. The van der Waals surface area contributed by atoms with E-state index in [1.54, 1.807) is 0 Å². The molecule has 0 saturated heterocycles. The maximum atomic E-state index is 5.16. The number of hydrogen-bond acceptors (Lipinski definition) is 3. The van der Waals surface area contributed by atoms with Crippen LogP contribution in [0.5, 0.6) is 0 Å². The van der Waals surface area contributed by atoms with E-state index in [1.165, 1.54) is 44.5 Å². The van der Waals surface area contributed by atoms with Crippen molar-refractivity contribution < 1.29 is 0 Å². The lowest BCUT2D eigenvalue weighted by Gasteiger charge is -2.34. The maximum Gasteiger partial charge on any atom is 0.164 e. The molecule has 0 saturated carbocycles. The van der Waals surface area contributed by atoms with Crippen molar-refractivity contribution in [1.82, 2.24) is 19.5 Å². The minimum atomic E-state index is -0.495. The largest absolute Gasteiger partial charge is 0.309 e. The standard InChI is InChI=1S/C64H42N4/c1-6-20-43(21-7-1)46-26-18-31-51(40-46)68-58-38-36-47(52-33-19-35-57-60(52)53-32-16-17-34-56(53)64(57,49-27-12-4-13-28-49)50-29-14-5-15-30-50)41-54(58)55-42-48(37-39-59(55)68)63-66-61(44-22-8-2-9-23-44)65-62(67-63)45-24-10-3-11-25-45/h1-42H. The van der Waals surface area contributed by atoms with Gasteiger partial charge in [0.15, 0.2) is 17.5 Å². The summed E-state index contributed by atoms with van der Waals surface area (Å²) in [5.74, 6) is 1.90. The summed E-state index contributed by atoms with van der Waals surface area (Å²) in [7, 11) is 0. The highest BCUT2D eigenvalue weighted by Crippen LogP contribution is 2.58. The molecule has 1 aliphatic rings. The first-order chi connectivity index (χ1) is 33.7. The molecule has 0 amide bonds. The van der Waals surface area contributed by atoms with Crippen molar-refractivity contribution >= 4 is 21.8 Å². The van der Waals surface area contributed by atoms with Crippen molar-refractivity contribution in [1.29, 1.82) is 0 Å². The van der Waals surface area contributed by atoms with Gasteiger partial charge in [0.1, 0.15) is 0 Å². The third kappa shape index (κ3) is 6.34. The van der Waals surface area contributed by atoms with Crippen molar-refractivity contribution in [2.24, 2.45) is 0 Å². The van der Waals surface area contributed by atoms with Crippen LogP contribution in [0.25, 0.3) is 95.0 Å². The third-order valence-electron chi connectivity index (χ3n) is 13.7. The highest BCUT2D eigenvalue weighted by Gasteiger charge is 2.46. The van der Waals surface area contributed by atoms with Crippen LogP contribution in [0.3, 0.4) is 0 Å². The molecule has 0 spiro atoms. The molecule has 12 aromatic rings. The second-order valence-electron chi connectivity index (χ2n) is 17.5. The van der Waals surface area contributed by atoms with Crippen molar-refractivity contribution in [3.05, 3.63) is 277 Å². The van der Waals surface area contributed by atoms with Gasteiger partial charge in [-0.2, -0.15) is 0 Å². The lowest BCUT2D eigenvalue weighted by Crippen LogP contribution is -2.28. The minimum absolute atomic E-state index is 0.495. The molecule has 0 unspecified atom stereocenters. The summed E-state index contributed by atoms with van der Waals surface area (Å²) in [6, 6.07) is 91.5. The highest BCUT2D eigenvalue weighted by molar-refractivity contribution is 6.12. The van der Waals surface area contributed by atoms with E-state index in [9.17, 15) is 0 Å². The minimum Gasteiger partial charge on any atom is -0.309 e. The molecule has 4 nitrogen and oxygen atoms in total. The van der Waals surface area contributed by atoms with Crippen LogP contribution in [0.15, 0.2) is 255 Å². The molecule has 0 fully saturated rings. The SMILES string of the molecule is c1ccc(-c2cccc(-n3c4ccc(-c5nc(-c6ccccc6)nc(-c6ccccc6)n5)cc4c4cc(-c5cccc6c5-c5ccccc5C6(c5ccccc5)c5ccccc5)ccc43)c2)cc1. The van der Waals surface area contributed by atoms with Crippen LogP contribution in [0.4, 0.5) is 0 Å². The zero-order chi connectivity index (χ0) is 45.0. The second-order valence-corrected chi connectivity index (χ2v) is 17.5. The van der Waals surface area contributed by atoms with E-state index < -0.39 is 5.41 Å². The van der Waals surface area contributed by atoms with Gasteiger partial charge in [-0.25, -0.2) is 15.0 Å². The molecule has 1 aliphatic carbocycles. The Bertz CT molecular complexity index is 3730. The summed E-state index contributed by atoms with van der Waals surface area (Å²) in [6.07, 6.45) is 0. The number of benzene rings is 10. The van der Waals surface area contributed by atoms with E-state index in [0.717, 1.165) is 55.3 Å². The van der Waals surface area contributed by atoms with Gasteiger partial charge in [0.05, 0.1) is 16.4 Å². The highest BCUT2D eigenvalue weighted by atomic mass is 15.0. The quantitative estimate of drug-likeness (QED) is 0.153. The molecule has 4 heteroatoms. The second kappa shape index (κ2) is 16.2. The van der Waals surface area contributed by atoms with Crippen LogP contribution in [-0.2, 0) is 5.41 Å². The molecule has 0 radical (unpaired) electrons. The van der Waals surface area contributed by atoms with Gasteiger partial charge < -0.3 is 4.57 Å². The Morgan fingerprint density at radius 1 is 0.294 bits per heavy atom. The fourth-order valence-corrected chi connectivity index (χ4v) is 10.7. The molecule has 0 N–H and O–H groups in total. The van der Waals surface area contributed by atoms with Crippen molar-refractivity contribution in [3.63, 3.8) is 0 Å². The van der Waals surface area contributed by atoms with Gasteiger partial charge in [0, 0.05) is 33.2 Å². The Hall–Kier alpha value is -8.99. The van der Waals surface area contributed by atoms with Gasteiger partial charge in [-0.3, -0.25) is 0 Å². The fourth-order valence-electron chi connectivity index (χ4n) is 10.7. The zero-order valence-corrected chi connectivity index (χ0v) is 37.0. The smallest absolute Gasteiger partial charge is 0.164 e. The predicted molar refractivity (Wildman–Crippen MR) is 279 cm³/mol. The Balaban J connectivity index is 1.06. The van der Waals surface area contributed by atoms with Crippen LogP contribution >= 0.6 is 0 Å². The van der Waals surface area contributed by atoms with E-state index in [-0.39, 0.29) is 0 Å². The monoisotopic (exact) mass is 866 g/mol. The van der Waals surface area contributed by atoms with Crippen molar-refractivity contribution in [2.75, 3.05) is 0 Å². The van der Waals surface area contributed by atoms with E-state index in [2.05, 4.69) is 223 Å². The summed E-state index contributed by atoms with van der Waals surface area (Å²) in [4.78, 5) is 15.3. The van der Waals surface area contributed by atoms with Crippen molar-refractivity contribution in [2.45, 2.75) is 5.41 Å². The molecule has 0 bridgehead atoms. The lowest BCUT2D eigenvalue weighted by atomic mass is 9.67. The average Bonchev–Trinajstić information content (AvgIpc) is 3.92. The van der Waals surface area contributed by atoms with Crippen LogP contribution in [0, 0.1) is 0 Å². The Kier molecular flexibility index (Phi) is 9.36. The fraction of sp³-hybridized carbons (Fsp3) is 0.0156. The number of fused-ring (bicyclic) bond motifs is 6. The van der Waals surface area contributed by atoms with Crippen LogP contribution < -0.4 is 0 Å². The van der Waals surface area contributed by atoms with Crippen molar-refractivity contribution in [3.8, 4) is 73.2 Å². The van der Waals surface area contributed by atoms with Gasteiger partial charge in [-0.15, -0.1) is 0 Å². The first-order valence-corrected chi connectivity index (χ1v) is 23.2. The number of aromatic nitrogens is 4. The molecule has 2 heterocycles. The first-order valence-electron chi connectivity index (χ1n) is 23.2. The van der Waals surface area contributed by atoms with Crippen LogP contribution in [-0.4, -0.2) is 19.5 Å². The molecule has 2 aromatic heterocycles. The zero-order valence-electron chi connectivity index (χ0n) is 37.0. The normalized spacial score (nSPS) is 12.5. The molecular weight excluding hydrogens is 825 g/mol. The summed E-state index contributed by atoms with van der Waals surface area (Å²) >= 11 is 0. The van der Waals surface area contributed by atoms with E-state index in [1.807, 2.05) is 36.4 Å². The summed E-state index contributed by atoms with van der Waals surface area (Å²) in [5, 5.41) is 2.26. The van der Waals surface area contributed by atoms with Gasteiger partial charge >= 0.3 is 0 Å². The van der Waals surface area contributed by atoms with Gasteiger partial charge in [0.2, 0.25) is 0 Å². The average molecular weight is 867 g/mol. The molecule has 318 valence electrons. The number of rotatable bonds is 8. The van der Waals surface area contributed by atoms with E-state index in [4.69, 9.17) is 15.0 Å². The molecule has 10 aromatic carbocycles. The predicted octanol–water partition coefficient (Wildman–Crippen LogP) is 15.7. The van der Waals surface area contributed by atoms with Crippen LogP contribution in [0.1, 0.15) is 22.3 Å². The van der Waals surface area contributed by atoms with Gasteiger partial charge in [0.25, 0.3) is 0 Å².